The SMILES string of the molecule is CCC(O)COC.CCC(O)COC.CCC(O)COC.CCC(O)COC. The summed E-state index contributed by atoms with van der Waals surface area (Å²) >= 11 is 0. The number of methoxy groups -OCH3 is 4. The highest BCUT2D eigenvalue weighted by Gasteiger charge is 1.96. The van der Waals surface area contributed by atoms with Crippen LogP contribution in [-0.4, -0.2) is 99.7 Å². The Morgan fingerprint density at radius 3 is 0.607 bits per heavy atom. The lowest BCUT2D eigenvalue weighted by molar-refractivity contribution is 0.0624. The predicted octanol–water partition coefficient (Wildman–Crippen LogP) is 1.61. The normalized spacial score (nSPS) is 14.1. The van der Waals surface area contributed by atoms with Crippen LogP contribution in [-0.2, 0) is 18.9 Å². The van der Waals surface area contributed by atoms with Crippen LogP contribution in [0.2, 0.25) is 0 Å². The Morgan fingerprint density at radius 2 is 0.571 bits per heavy atom. The van der Waals surface area contributed by atoms with E-state index >= 15 is 0 Å². The Labute approximate surface area is 172 Å². The fourth-order valence-electron chi connectivity index (χ4n) is 1.24. The third-order valence-corrected chi connectivity index (χ3v) is 3.32. The van der Waals surface area contributed by atoms with Gasteiger partial charge in [0.05, 0.1) is 50.8 Å². The fraction of sp³-hybridized carbons (Fsp3) is 1.00. The minimum atomic E-state index is -0.273. The second-order valence-corrected chi connectivity index (χ2v) is 6.07. The van der Waals surface area contributed by atoms with E-state index in [9.17, 15) is 0 Å². The van der Waals surface area contributed by atoms with Gasteiger partial charge in [-0.15, -0.1) is 0 Å². The second kappa shape index (κ2) is 31.4. The van der Waals surface area contributed by atoms with E-state index in [-0.39, 0.29) is 24.4 Å². The monoisotopic (exact) mass is 416 g/mol. The van der Waals surface area contributed by atoms with E-state index in [0.717, 1.165) is 25.7 Å². The van der Waals surface area contributed by atoms with Crippen molar-refractivity contribution in [2.75, 3.05) is 54.9 Å². The van der Waals surface area contributed by atoms with E-state index in [1.807, 2.05) is 27.7 Å². The van der Waals surface area contributed by atoms with Gasteiger partial charge < -0.3 is 39.4 Å². The van der Waals surface area contributed by atoms with E-state index in [2.05, 4.69) is 18.9 Å². The number of ether oxygens (including phenoxy) is 4. The van der Waals surface area contributed by atoms with Gasteiger partial charge in [0.25, 0.3) is 0 Å². The van der Waals surface area contributed by atoms with Gasteiger partial charge in [-0.3, -0.25) is 0 Å². The van der Waals surface area contributed by atoms with E-state index < -0.39 is 0 Å². The van der Waals surface area contributed by atoms with Crippen molar-refractivity contribution in [3.05, 3.63) is 0 Å². The lowest BCUT2D eigenvalue weighted by Crippen LogP contribution is -2.11. The third-order valence-electron chi connectivity index (χ3n) is 3.32. The van der Waals surface area contributed by atoms with Gasteiger partial charge in [-0.2, -0.15) is 0 Å². The van der Waals surface area contributed by atoms with E-state index in [0.29, 0.717) is 26.4 Å². The highest BCUT2D eigenvalue weighted by molar-refractivity contribution is 4.47. The quantitative estimate of drug-likeness (QED) is 0.379. The third kappa shape index (κ3) is 40.4. The maximum Gasteiger partial charge on any atom is 0.0770 e. The first-order valence-corrected chi connectivity index (χ1v) is 9.91. The molecule has 0 aromatic carbocycles. The Bertz CT molecular complexity index is 196. The molecule has 0 aliphatic heterocycles. The first-order chi connectivity index (χ1) is 13.2. The Kier molecular flexibility index (Phi) is 39.4. The molecule has 0 rings (SSSR count). The molecule has 0 aromatic heterocycles. The molecule has 4 unspecified atom stereocenters. The summed E-state index contributed by atoms with van der Waals surface area (Å²) in [6.07, 6.45) is 1.99. The van der Waals surface area contributed by atoms with Crippen LogP contribution < -0.4 is 0 Å². The van der Waals surface area contributed by atoms with Crippen LogP contribution in [0.25, 0.3) is 0 Å². The van der Waals surface area contributed by atoms with Gasteiger partial charge in [-0.1, -0.05) is 27.7 Å². The zero-order valence-electron chi connectivity index (χ0n) is 19.4. The van der Waals surface area contributed by atoms with Crippen molar-refractivity contribution in [2.24, 2.45) is 0 Å². The topological polar surface area (TPSA) is 118 Å². The minimum Gasteiger partial charge on any atom is -0.391 e. The summed E-state index contributed by atoms with van der Waals surface area (Å²) in [6.45, 7) is 9.50. The Hall–Kier alpha value is -0.320. The molecule has 8 heteroatoms. The molecule has 0 aliphatic rings. The van der Waals surface area contributed by atoms with Crippen molar-refractivity contribution in [3.63, 3.8) is 0 Å². The largest absolute Gasteiger partial charge is 0.391 e. The van der Waals surface area contributed by atoms with Crippen LogP contribution in [0.5, 0.6) is 0 Å². The molecule has 4 atom stereocenters. The smallest absolute Gasteiger partial charge is 0.0770 e. The predicted molar refractivity (Wildman–Crippen MR) is 113 cm³/mol. The molecule has 0 spiro atoms. The number of hydrogen-bond donors (Lipinski definition) is 4. The number of rotatable bonds is 12. The van der Waals surface area contributed by atoms with Crippen molar-refractivity contribution in [3.8, 4) is 0 Å². The standard InChI is InChI=1S/4C5H12O2/c4*1-3-5(6)4-7-2/h4*5-6H,3-4H2,1-2H3. The molecule has 0 saturated carbocycles. The van der Waals surface area contributed by atoms with Gasteiger partial charge >= 0.3 is 0 Å². The maximum absolute atomic E-state index is 8.73. The van der Waals surface area contributed by atoms with Gasteiger partial charge in [0.1, 0.15) is 0 Å². The fourth-order valence-corrected chi connectivity index (χ4v) is 1.24. The molecule has 4 N–H and O–H groups in total. The molecule has 0 amide bonds. The molecular formula is C20H48O8. The molecular weight excluding hydrogens is 368 g/mol. The molecule has 0 fully saturated rings. The maximum atomic E-state index is 8.73. The molecule has 28 heavy (non-hydrogen) atoms. The summed E-state index contributed by atoms with van der Waals surface area (Å²) in [6, 6.07) is 0. The zero-order chi connectivity index (χ0) is 22.8. The molecule has 0 radical (unpaired) electrons. The Morgan fingerprint density at radius 1 is 0.429 bits per heavy atom. The van der Waals surface area contributed by atoms with Crippen LogP contribution in [0.3, 0.4) is 0 Å². The van der Waals surface area contributed by atoms with E-state index in [4.69, 9.17) is 20.4 Å². The first kappa shape index (κ1) is 35.1. The van der Waals surface area contributed by atoms with Gasteiger partial charge in [0.15, 0.2) is 0 Å². The van der Waals surface area contributed by atoms with E-state index in [1.165, 1.54) is 0 Å². The highest BCUT2D eigenvalue weighted by atomic mass is 16.5. The van der Waals surface area contributed by atoms with Crippen LogP contribution in [0.15, 0.2) is 0 Å². The molecule has 0 saturated heterocycles. The molecule has 0 heterocycles. The summed E-state index contributed by atoms with van der Waals surface area (Å²) in [5, 5.41) is 34.9. The summed E-state index contributed by atoms with van der Waals surface area (Å²) < 4.78 is 18.6. The number of hydrogen-bond acceptors (Lipinski definition) is 8. The van der Waals surface area contributed by atoms with Crippen molar-refractivity contribution in [2.45, 2.75) is 77.8 Å². The van der Waals surface area contributed by atoms with Crippen molar-refractivity contribution >= 4 is 0 Å². The van der Waals surface area contributed by atoms with Crippen molar-refractivity contribution in [1.82, 2.24) is 0 Å². The molecule has 8 nitrogen and oxygen atoms in total. The van der Waals surface area contributed by atoms with Gasteiger partial charge in [-0.25, -0.2) is 0 Å². The lowest BCUT2D eigenvalue weighted by atomic mass is 10.3. The van der Waals surface area contributed by atoms with Crippen LogP contribution >= 0.6 is 0 Å². The van der Waals surface area contributed by atoms with Gasteiger partial charge in [0.2, 0.25) is 0 Å². The summed E-state index contributed by atoms with van der Waals surface area (Å²) in [5.74, 6) is 0. The molecule has 0 aliphatic carbocycles. The average Bonchev–Trinajstić information content (AvgIpc) is 2.70. The Balaban J connectivity index is -0.000000137. The zero-order valence-corrected chi connectivity index (χ0v) is 19.4. The lowest BCUT2D eigenvalue weighted by Gasteiger charge is -2.02. The number of aliphatic hydroxyl groups excluding tert-OH is 4. The average molecular weight is 417 g/mol. The van der Waals surface area contributed by atoms with Crippen molar-refractivity contribution in [1.29, 1.82) is 0 Å². The highest BCUT2D eigenvalue weighted by Crippen LogP contribution is 1.89. The summed E-state index contributed by atoms with van der Waals surface area (Å²) in [4.78, 5) is 0. The van der Waals surface area contributed by atoms with Crippen LogP contribution in [0.4, 0.5) is 0 Å². The second-order valence-electron chi connectivity index (χ2n) is 6.07. The minimum absolute atomic E-state index is 0.273. The van der Waals surface area contributed by atoms with Gasteiger partial charge in [0, 0.05) is 28.4 Å². The summed E-state index contributed by atoms with van der Waals surface area (Å²) in [5.41, 5.74) is 0. The molecule has 0 bridgehead atoms. The molecule has 0 aromatic rings. The summed E-state index contributed by atoms with van der Waals surface area (Å²) in [7, 11) is 6.33. The van der Waals surface area contributed by atoms with Crippen molar-refractivity contribution < 1.29 is 39.4 Å². The molecule has 176 valence electrons. The number of aliphatic hydroxyl groups is 4. The van der Waals surface area contributed by atoms with Crippen LogP contribution in [0, 0.1) is 0 Å². The van der Waals surface area contributed by atoms with E-state index in [1.54, 1.807) is 28.4 Å². The first-order valence-electron chi connectivity index (χ1n) is 9.91. The van der Waals surface area contributed by atoms with Gasteiger partial charge in [-0.05, 0) is 25.7 Å². The van der Waals surface area contributed by atoms with Crippen LogP contribution in [0.1, 0.15) is 53.4 Å².